The zero-order valence-corrected chi connectivity index (χ0v) is 21.8. The molecule has 0 unspecified atom stereocenters. The molecule has 2 N–H and O–H groups in total. The van der Waals surface area contributed by atoms with Crippen LogP contribution in [-0.2, 0) is 24.6 Å². The molecule has 12 heteroatoms. The maximum atomic E-state index is 13.3. The lowest BCUT2D eigenvalue weighted by Crippen LogP contribution is -2.48. The molecule has 1 fully saturated rings. The number of primary sulfonamides is 1. The third kappa shape index (κ3) is 5.62. The summed E-state index contributed by atoms with van der Waals surface area (Å²) in [5.74, 6) is -0.224. The summed E-state index contributed by atoms with van der Waals surface area (Å²) in [5.41, 5.74) is 1.78. The largest absolute Gasteiger partial charge is 0.372 e. The third-order valence-electron chi connectivity index (χ3n) is 5.52. The molecule has 1 amide bonds. The minimum atomic E-state index is -3.86. The van der Waals surface area contributed by atoms with Gasteiger partial charge in [0.1, 0.15) is 0 Å². The number of thiazole rings is 1. The quantitative estimate of drug-likeness (QED) is 0.530. The highest BCUT2D eigenvalue weighted by Gasteiger charge is 2.29. The van der Waals surface area contributed by atoms with E-state index >= 15 is 0 Å². The maximum absolute atomic E-state index is 13.3. The van der Waals surface area contributed by atoms with Crippen LogP contribution in [0, 0.1) is 0 Å². The second-order valence-electron chi connectivity index (χ2n) is 8.53. The number of amides is 1. The summed E-state index contributed by atoms with van der Waals surface area (Å²) >= 11 is 1.19. The number of carbonyl (C=O) groups excluding carboxylic acids is 1. The van der Waals surface area contributed by atoms with Crippen LogP contribution in [0.25, 0.3) is 21.7 Å². The smallest absolute Gasteiger partial charge is 0.283 e. The predicted octanol–water partition coefficient (Wildman–Crippen LogP) is 2.78. The highest BCUT2D eigenvalue weighted by atomic mass is 32.2. The summed E-state index contributed by atoms with van der Waals surface area (Å²) in [5, 5.41) is 5.49. The van der Waals surface area contributed by atoms with E-state index in [1.54, 1.807) is 29.2 Å². The Kier molecular flexibility index (Phi) is 6.86. The van der Waals surface area contributed by atoms with Gasteiger partial charge in [-0.1, -0.05) is 24.3 Å². The van der Waals surface area contributed by atoms with Gasteiger partial charge in [-0.2, -0.15) is 0 Å². The number of aromatic nitrogens is 1. The van der Waals surface area contributed by atoms with Gasteiger partial charge in [-0.05, 0) is 43.7 Å². The van der Waals surface area contributed by atoms with Crippen LogP contribution < -0.4 is 5.14 Å². The summed E-state index contributed by atoms with van der Waals surface area (Å²) in [6, 6.07) is 12.3. The van der Waals surface area contributed by atoms with Crippen LogP contribution in [-0.4, -0.2) is 64.2 Å². The second kappa shape index (κ2) is 9.43. The van der Waals surface area contributed by atoms with Crippen LogP contribution in [0.5, 0.6) is 0 Å². The Morgan fingerprint density at radius 1 is 0.943 bits per heavy atom. The molecule has 1 aliphatic heterocycles. The van der Waals surface area contributed by atoms with Crippen molar-refractivity contribution in [2.75, 3.05) is 19.3 Å². The van der Waals surface area contributed by atoms with E-state index < -0.39 is 19.9 Å². The van der Waals surface area contributed by atoms with Gasteiger partial charge < -0.3 is 9.64 Å². The van der Waals surface area contributed by atoms with E-state index in [1.807, 2.05) is 13.8 Å². The van der Waals surface area contributed by atoms with Crippen molar-refractivity contribution >= 4 is 37.1 Å². The molecule has 0 radical (unpaired) electrons. The average Bonchev–Trinajstić information content (AvgIpc) is 3.22. The van der Waals surface area contributed by atoms with Crippen molar-refractivity contribution in [2.24, 2.45) is 5.14 Å². The molecular formula is C23H25N3O6S3. The molecule has 0 saturated carbocycles. The van der Waals surface area contributed by atoms with Gasteiger partial charge in [0.15, 0.2) is 14.8 Å². The Balaban J connectivity index is 1.79. The van der Waals surface area contributed by atoms with Crippen molar-refractivity contribution in [3.05, 3.63) is 53.5 Å². The minimum Gasteiger partial charge on any atom is -0.372 e. The fourth-order valence-corrected chi connectivity index (χ4v) is 6.14. The number of carbonyl (C=O) groups is 1. The third-order valence-corrected chi connectivity index (χ3v) is 8.67. The van der Waals surface area contributed by atoms with E-state index in [4.69, 9.17) is 9.88 Å². The fourth-order valence-electron chi connectivity index (χ4n) is 3.94. The molecule has 0 spiro atoms. The number of nitrogens with two attached hydrogens (primary N) is 1. The lowest BCUT2D eigenvalue weighted by Gasteiger charge is -2.34. The Hall–Kier alpha value is -2.64. The van der Waals surface area contributed by atoms with Gasteiger partial charge in [-0.3, -0.25) is 4.79 Å². The van der Waals surface area contributed by atoms with Gasteiger partial charge in [0.25, 0.3) is 5.91 Å². The zero-order chi connectivity index (χ0) is 25.5. The lowest BCUT2D eigenvalue weighted by molar-refractivity contribution is -0.0586. The fraction of sp³-hybridized carbons (Fsp3) is 0.304. The standard InChI is InChI=1S/C23H25N3O6S3/c1-14-12-26(13-15(2)32-14)23(27)22-25-20(16-4-8-18(9-5-16)34(3,28)29)21(33-22)17-6-10-19(11-7-17)35(24,30)31/h4-11,14-15H,12-13H2,1-3H3,(H2,24,30,31)/t14-,15+. The number of benzene rings is 2. The molecule has 3 aromatic rings. The average molecular weight is 536 g/mol. The Labute approximate surface area is 208 Å². The van der Waals surface area contributed by atoms with E-state index in [-0.39, 0.29) is 32.9 Å². The molecule has 1 aliphatic rings. The predicted molar refractivity (Wildman–Crippen MR) is 133 cm³/mol. The van der Waals surface area contributed by atoms with Crippen LogP contribution in [0.2, 0.25) is 0 Å². The number of hydrogen-bond donors (Lipinski definition) is 1. The topological polar surface area (TPSA) is 137 Å². The SMILES string of the molecule is C[C@@H]1CN(C(=O)c2nc(-c3ccc(S(C)(=O)=O)cc3)c(-c3ccc(S(N)(=O)=O)cc3)s2)C[C@H](C)O1. The minimum absolute atomic E-state index is 0.0302. The number of sulfone groups is 1. The van der Waals surface area contributed by atoms with Crippen LogP contribution >= 0.6 is 11.3 Å². The molecule has 1 aromatic heterocycles. The molecule has 0 aliphatic carbocycles. The molecule has 186 valence electrons. The number of nitrogens with zero attached hydrogens (tertiary/aromatic N) is 2. The number of sulfonamides is 1. The molecule has 0 bridgehead atoms. The normalized spacial score (nSPS) is 19.0. The van der Waals surface area contributed by atoms with Gasteiger partial charge in [0.05, 0.1) is 32.6 Å². The van der Waals surface area contributed by atoms with E-state index in [9.17, 15) is 21.6 Å². The first kappa shape index (κ1) is 25.5. The molecular weight excluding hydrogens is 510 g/mol. The van der Waals surface area contributed by atoms with Gasteiger partial charge >= 0.3 is 0 Å². The molecule has 4 rings (SSSR count). The highest BCUT2D eigenvalue weighted by Crippen LogP contribution is 2.38. The summed E-state index contributed by atoms with van der Waals surface area (Å²) < 4.78 is 52.8. The molecule has 9 nitrogen and oxygen atoms in total. The van der Waals surface area contributed by atoms with Crippen molar-refractivity contribution in [3.8, 4) is 21.7 Å². The van der Waals surface area contributed by atoms with Crippen molar-refractivity contribution in [1.82, 2.24) is 9.88 Å². The second-order valence-corrected chi connectivity index (χ2v) is 13.1. The molecule has 35 heavy (non-hydrogen) atoms. The van der Waals surface area contributed by atoms with Crippen molar-refractivity contribution < 1.29 is 26.4 Å². The number of morpholine rings is 1. The van der Waals surface area contributed by atoms with Gasteiger partial charge in [-0.15, -0.1) is 11.3 Å². The van der Waals surface area contributed by atoms with Crippen molar-refractivity contribution in [3.63, 3.8) is 0 Å². The molecule has 1 saturated heterocycles. The van der Waals surface area contributed by atoms with E-state index in [0.29, 0.717) is 34.8 Å². The molecule has 2 heterocycles. The summed E-state index contributed by atoms with van der Waals surface area (Å²) in [4.78, 5) is 20.5. The number of ether oxygens (including phenoxy) is 1. The summed E-state index contributed by atoms with van der Waals surface area (Å²) in [6.07, 6.45) is 0.927. The first-order valence-electron chi connectivity index (χ1n) is 10.7. The highest BCUT2D eigenvalue weighted by molar-refractivity contribution is 7.90. The van der Waals surface area contributed by atoms with Crippen LogP contribution in [0.3, 0.4) is 0 Å². The monoisotopic (exact) mass is 535 g/mol. The first-order chi connectivity index (χ1) is 16.3. The van der Waals surface area contributed by atoms with Gasteiger partial charge in [-0.25, -0.2) is 27.0 Å². The van der Waals surface area contributed by atoms with Gasteiger partial charge in [0, 0.05) is 24.9 Å². The van der Waals surface area contributed by atoms with Gasteiger partial charge in [0.2, 0.25) is 10.0 Å². The molecule has 2 aromatic carbocycles. The Morgan fingerprint density at radius 3 is 1.97 bits per heavy atom. The van der Waals surface area contributed by atoms with E-state index in [2.05, 4.69) is 4.98 Å². The van der Waals surface area contributed by atoms with E-state index in [1.165, 1.54) is 35.6 Å². The zero-order valence-electron chi connectivity index (χ0n) is 19.3. The van der Waals surface area contributed by atoms with Crippen LogP contribution in [0.1, 0.15) is 23.6 Å². The Morgan fingerprint density at radius 2 is 1.46 bits per heavy atom. The first-order valence-corrected chi connectivity index (χ1v) is 15.0. The van der Waals surface area contributed by atoms with E-state index in [0.717, 1.165) is 6.26 Å². The molecule has 2 atom stereocenters. The van der Waals surface area contributed by atoms with Crippen LogP contribution in [0.15, 0.2) is 58.3 Å². The maximum Gasteiger partial charge on any atom is 0.283 e. The number of rotatable bonds is 5. The van der Waals surface area contributed by atoms with Crippen molar-refractivity contribution in [2.45, 2.75) is 35.8 Å². The van der Waals surface area contributed by atoms with Crippen LogP contribution in [0.4, 0.5) is 0 Å². The number of hydrogen-bond acceptors (Lipinski definition) is 8. The lowest BCUT2D eigenvalue weighted by atomic mass is 10.1. The van der Waals surface area contributed by atoms with Crippen molar-refractivity contribution in [1.29, 1.82) is 0 Å². The summed E-state index contributed by atoms with van der Waals surface area (Å²) in [6.45, 7) is 4.70. The summed E-state index contributed by atoms with van der Waals surface area (Å²) in [7, 11) is -7.23. The Bertz CT molecular complexity index is 1360.